The minimum Gasteiger partial charge on any atom is -0.494 e. The van der Waals surface area contributed by atoms with Gasteiger partial charge in [0.05, 0.1) is 24.3 Å². The van der Waals surface area contributed by atoms with E-state index in [1.54, 1.807) is 0 Å². The Balaban J connectivity index is 2.25. The van der Waals surface area contributed by atoms with Crippen LogP contribution in [0.5, 0.6) is 5.75 Å². The Morgan fingerprint density at radius 3 is 2.85 bits per heavy atom. The Labute approximate surface area is 148 Å². The fourth-order valence-electron chi connectivity index (χ4n) is 1.99. The summed E-state index contributed by atoms with van der Waals surface area (Å²) in [5.41, 5.74) is -0.630. The zero-order valence-corrected chi connectivity index (χ0v) is 14.2. The third-order valence-corrected chi connectivity index (χ3v) is 3.31. The number of esters is 1. The van der Waals surface area contributed by atoms with Crippen molar-refractivity contribution in [3.8, 4) is 5.75 Å². The molecular formula is C16H17FN4O5. The Hall–Kier alpha value is -3.30. The van der Waals surface area contributed by atoms with Crippen molar-refractivity contribution in [1.82, 2.24) is 9.97 Å². The molecule has 2 rings (SSSR count). The van der Waals surface area contributed by atoms with Gasteiger partial charge in [0, 0.05) is 18.3 Å². The highest BCUT2D eigenvalue weighted by molar-refractivity contribution is 5.87. The summed E-state index contributed by atoms with van der Waals surface area (Å²) in [6, 6.07) is 3.22. The van der Waals surface area contributed by atoms with Crippen LogP contribution in [0.3, 0.4) is 0 Å². The fraction of sp³-hybridized carbons (Fsp3) is 0.312. The van der Waals surface area contributed by atoms with Gasteiger partial charge in [-0.3, -0.25) is 10.1 Å². The summed E-state index contributed by atoms with van der Waals surface area (Å²) in [4.78, 5) is 29.9. The molecule has 0 aliphatic rings. The van der Waals surface area contributed by atoms with Crippen LogP contribution in [0.2, 0.25) is 0 Å². The first-order valence-electron chi connectivity index (χ1n) is 7.75. The lowest BCUT2D eigenvalue weighted by atomic mass is 10.2. The van der Waals surface area contributed by atoms with Crippen LogP contribution in [0.1, 0.15) is 30.3 Å². The first-order valence-corrected chi connectivity index (χ1v) is 7.75. The lowest BCUT2D eigenvalue weighted by Gasteiger charge is -2.11. The summed E-state index contributed by atoms with van der Waals surface area (Å²) in [6.07, 6.45) is 2.95. The standard InChI is InChI=1S/C16H17FN4O5/c1-3-4-7-26-15(22)11-5-6-18-16(19-11)20-12-9-13(21(23)24)10(17)8-14(12)25-2/h5-6,8-9H,3-4,7H2,1-2H3,(H,18,19,20). The number of carbonyl (C=O) groups is 1. The summed E-state index contributed by atoms with van der Waals surface area (Å²) in [5, 5.41) is 13.6. The quantitative estimate of drug-likeness (QED) is 0.328. The molecule has 0 spiro atoms. The van der Waals surface area contributed by atoms with Crippen molar-refractivity contribution >= 4 is 23.3 Å². The fourth-order valence-corrected chi connectivity index (χ4v) is 1.99. The number of nitrogens with one attached hydrogen (secondary N) is 1. The number of nitrogens with zero attached hydrogens (tertiary/aromatic N) is 3. The number of ether oxygens (including phenoxy) is 2. The van der Waals surface area contributed by atoms with Crippen LogP contribution in [0.4, 0.5) is 21.7 Å². The number of benzene rings is 1. The number of hydrogen-bond acceptors (Lipinski definition) is 8. The molecule has 26 heavy (non-hydrogen) atoms. The lowest BCUT2D eigenvalue weighted by molar-refractivity contribution is -0.387. The summed E-state index contributed by atoms with van der Waals surface area (Å²) in [5.74, 6) is -1.64. The van der Waals surface area contributed by atoms with Crippen molar-refractivity contribution in [1.29, 1.82) is 0 Å². The Morgan fingerprint density at radius 1 is 1.42 bits per heavy atom. The molecule has 1 heterocycles. The lowest BCUT2D eigenvalue weighted by Crippen LogP contribution is -2.10. The molecule has 0 saturated carbocycles. The average molecular weight is 364 g/mol. The molecule has 1 aromatic heterocycles. The van der Waals surface area contributed by atoms with Gasteiger partial charge < -0.3 is 14.8 Å². The van der Waals surface area contributed by atoms with Gasteiger partial charge in [-0.05, 0) is 12.5 Å². The van der Waals surface area contributed by atoms with Crippen molar-refractivity contribution in [3.05, 3.63) is 46.0 Å². The summed E-state index contributed by atoms with van der Waals surface area (Å²) >= 11 is 0. The van der Waals surface area contributed by atoms with E-state index < -0.39 is 22.4 Å². The van der Waals surface area contributed by atoms with E-state index in [2.05, 4.69) is 15.3 Å². The van der Waals surface area contributed by atoms with E-state index in [0.717, 1.165) is 25.0 Å². The van der Waals surface area contributed by atoms with Gasteiger partial charge in [-0.1, -0.05) is 13.3 Å². The highest BCUT2D eigenvalue weighted by Crippen LogP contribution is 2.33. The van der Waals surface area contributed by atoms with E-state index in [0.29, 0.717) is 0 Å². The maximum atomic E-state index is 13.7. The van der Waals surface area contributed by atoms with E-state index in [9.17, 15) is 19.3 Å². The number of halogens is 1. The molecule has 0 fully saturated rings. The van der Waals surface area contributed by atoms with Crippen molar-refractivity contribution in [2.24, 2.45) is 0 Å². The molecule has 9 nitrogen and oxygen atoms in total. The van der Waals surface area contributed by atoms with Gasteiger partial charge in [0.25, 0.3) is 0 Å². The number of anilines is 2. The van der Waals surface area contributed by atoms with Gasteiger partial charge in [0.15, 0.2) is 5.69 Å². The molecule has 1 aromatic carbocycles. The van der Waals surface area contributed by atoms with E-state index in [1.165, 1.54) is 19.4 Å². The van der Waals surface area contributed by atoms with Crippen molar-refractivity contribution < 1.29 is 23.6 Å². The van der Waals surface area contributed by atoms with Crippen molar-refractivity contribution in [2.45, 2.75) is 19.8 Å². The van der Waals surface area contributed by atoms with Crippen LogP contribution < -0.4 is 10.1 Å². The number of aromatic nitrogens is 2. The third-order valence-electron chi connectivity index (χ3n) is 3.31. The minimum atomic E-state index is -1.04. The molecule has 0 aliphatic heterocycles. The molecule has 10 heteroatoms. The molecule has 0 bridgehead atoms. The van der Waals surface area contributed by atoms with E-state index in [4.69, 9.17) is 9.47 Å². The molecule has 1 N–H and O–H groups in total. The molecule has 0 aliphatic carbocycles. The number of methoxy groups -OCH3 is 1. The second-order valence-corrected chi connectivity index (χ2v) is 5.14. The number of rotatable bonds is 8. The van der Waals surface area contributed by atoms with Gasteiger partial charge >= 0.3 is 11.7 Å². The highest BCUT2D eigenvalue weighted by Gasteiger charge is 2.20. The Kier molecular flexibility index (Phi) is 6.36. The normalized spacial score (nSPS) is 10.3. The predicted molar refractivity (Wildman–Crippen MR) is 90.1 cm³/mol. The van der Waals surface area contributed by atoms with Gasteiger partial charge in [-0.15, -0.1) is 0 Å². The molecular weight excluding hydrogens is 347 g/mol. The van der Waals surface area contributed by atoms with Crippen LogP contribution in [0.25, 0.3) is 0 Å². The predicted octanol–water partition coefficient (Wildman–Crippen LogP) is 3.23. The van der Waals surface area contributed by atoms with Gasteiger partial charge in [-0.2, -0.15) is 4.39 Å². The van der Waals surface area contributed by atoms with Crippen molar-refractivity contribution in [2.75, 3.05) is 19.0 Å². The van der Waals surface area contributed by atoms with E-state index >= 15 is 0 Å². The average Bonchev–Trinajstić information content (AvgIpc) is 2.63. The van der Waals surface area contributed by atoms with Gasteiger partial charge in [-0.25, -0.2) is 14.8 Å². The molecule has 0 unspecified atom stereocenters. The molecule has 0 amide bonds. The number of nitro groups is 1. The van der Waals surface area contributed by atoms with Crippen molar-refractivity contribution in [3.63, 3.8) is 0 Å². The van der Waals surface area contributed by atoms with Crippen LogP contribution >= 0.6 is 0 Å². The van der Waals surface area contributed by atoms with Crippen LogP contribution in [-0.2, 0) is 4.74 Å². The van der Waals surface area contributed by atoms with Gasteiger partial charge in [0.2, 0.25) is 11.8 Å². The SMILES string of the molecule is CCCCOC(=O)c1ccnc(Nc2cc([N+](=O)[O-])c(F)cc2OC)n1. The zero-order valence-electron chi connectivity index (χ0n) is 14.2. The molecule has 138 valence electrons. The van der Waals surface area contributed by atoms with Crippen LogP contribution in [0, 0.1) is 15.9 Å². The molecule has 0 saturated heterocycles. The third kappa shape index (κ3) is 4.62. The van der Waals surface area contributed by atoms with Crippen LogP contribution in [-0.4, -0.2) is 34.6 Å². The maximum Gasteiger partial charge on any atom is 0.357 e. The zero-order chi connectivity index (χ0) is 19.1. The Morgan fingerprint density at radius 2 is 2.19 bits per heavy atom. The number of nitro benzene ring substituents is 1. The highest BCUT2D eigenvalue weighted by atomic mass is 19.1. The monoisotopic (exact) mass is 364 g/mol. The van der Waals surface area contributed by atoms with E-state index in [1.807, 2.05) is 6.92 Å². The van der Waals surface area contributed by atoms with E-state index in [-0.39, 0.29) is 29.7 Å². The maximum absolute atomic E-state index is 13.7. The largest absolute Gasteiger partial charge is 0.494 e. The molecule has 0 atom stereocenters. The molecule has 0 radical (unpaired) electrons. The Bertz CT molecular complexity index is 815. The number of carbonyl (C=O) groups excluding carboxylic acids is 1. The smallest absolute Gasteiger partial charge is 0.357 e. The first-order chi connectivity index (χ1) is 12.5. The topological polar surface area (TPSA) is 116 Å². The second kappa shape index (κ2) is 8.70. The summed E-state index contributed by atoms with van der Waals surface area (Å²) < 4.78 is 23.8. The second-order valence-electron chi connectivity index (χ2n) is 5.14. The number of unbranched alkanes of at least 4 members (excludes halogenated alkanes) is 1. The summed E-state index contributed by atoms with van der Waals surface area (Å²) in [6.45, 7) is 2.25. The molecule has 2 aromatic rings. The van der Waals surface area contributed by atoms with Crippen LogP contribution in [0.15, 0.2) is 24.4 Å². The van der Waals surface area contributed by atoms with Gasteiger partial charge in [0.1, 0.15) is 5.75 Å². The minimum absolute atomic E-state index is 0.0193. The summed E-state index contributed by atoms with van der Waals surface area (Å²) in [7, 11) is 1.29. The number of hydrogen-bond donors (Lipinski definition) is 1. The first kappa shape index (κ1) is 19.0.